The molecule has 0 saturated carbocycles. The molecule has 0 atom stereocenters. The summed E-state index contributed by atoms with van der Waals surface area (Å²) in [4.78, 5) is 18.9. The minimum atomic E-state index is -0.902. The maximum absolute atomic E-state index is 13.1. The molecule has 2 aromatic rings. The number of nitro groups is 2. The summed E-state index contributed by atoms with van der Waals surface area (Å²) in [6.07, 6.45) is 0. The lowest BCUT2D eigenvalue weighted by Crippen LogP contribution is -2.41. The molecule has 206 valence electrons. The van der Waals surface area contributed by atoms with Crippen molar-refractivity contribution < 1.29 is 27.9 Å². The lowest BCUT2D eigenvalue weighted by atomic mass is 9.81. The Morgan fingerprint density at radius 2 is 1.29 bits per heavy atom. The third-order valence-electron chi connectivity index (χ3n) is 5.69. The van der Waals surface area contributed by atoms with Crippen LogP contribution in [0.25, 0.3) is 5.57 Å². The van der Waals surface area contributed by atoms with Crippen molar-refractivity contribution in [2.75, 3.05) is 11.5 Å². The van der Waals surface area contributed by atoms with Gasteiger partial charge in [0.25, 0.3) is 0 Å². The lowest BCUT2D eigenvalue weighted by Gasteiger charge is -2.32. The number of allylic oxidation sites excluding steroid dienone is 2. The average Bonchev–Trinajstić information content (AvgIpc) is 2.99. The van der Waals surface area contributed by atoms with Crippen LogP contribution in [-0.2, 0) is 9.31 Å². The first kappa shape index (κ1) is 32.7. The Morgan fingerprint density at radius 1 is 0.895 bits per heavy atom. The number of nitrogens with zero attached hydrogens (tertiary/aromatic N) is 2. The van der Waals surface area contributed by atoms with Gasteiger partial charge in [0.1, 0.15) is 0 Å². The second kappa shape index (κ2) is 12.5. The van der Waals surface area contributed by atoms with Crippen LogP contribution in [0, 0.1) is 31.9 Å². The Morgan fingerprint density at radius 3 is 1.63 bits per heavy atom. The first-order valence-electron chi connectivity index (χ1n) is 11.0. The highest BCUT2D eigenvalue weighted by molar-refractivity contribution is 9.10. The Labute approximate surface area is 228 Å². The largest absolute Gasteiger partial charge is 0.489 e. The zero-order chi connectivity index (χ0) is 29.7. The fraction of sp³-hybridized carbons (Fsp3) is 0.333. The number of benzene rings is 2. The normalized spacial score (nSPS) is 14.9. The molecule has 3 rings (SSSR count). The summed E-state index contributed by atoms with van der Waals surface area (Å²) in [6, 6.07) is 3.96. The highest BCUT2D eigenvalue weighted by atomic mass is 79.9. The Kier molecular flexibility index (Phi) is 10.7. The maximum atomic E-state index is 13.1. The molecule has 1 saturated heterocycles. The van der Waals surface area contributed by atoms with E-state index in [1.54, 1.807) is 6.92 Å². The van der Waals surface area contributed by atoms with Crippen LogP contribution in [0.2, 0.25) is 0 Å². The lowest BCUT2D eigenvalue weighted by molar-refractivity contribution is -0.387. The SMILES string of the molecule is C=C(C)B1OC(C)(C)C(C)(C)O1.C=C(C)c1cc(F)c([N+](=O)[O-])cc1N.Nc1cc([N+](=O)[O-])c(F)cc1Br. The van der Waals surface area contributed by atoms with Crippen molar-refractivity contribution in [3.05, 3.63) is 84.8 Å². The highest BCUT2D eigenvalue weighted by Crippen LogP contribution is 2.38. The summed E-state index contributed by atoms with van der Waals surface area (Å²) in [5, 5.41) is 20.5. The number of hydrogen-bond acceptors (Lipinski definition) is 8. The molecule has 1 fully saturated rings. The topological polar surface area (TPSA) is 157 Å². The van der Waals surface area contributed by atoms with E-state index in [9.17, 15) is 29.0 Å². The van der Waals surface area contributed by atoms with Crippen LogP contribution in [0.5, 0.6) is 0 Å². The van der Waals surface area contributed by atoms with Gasteiger partial charge in [-0.2, -0.15) is 8.78 Å². The summed E-state index contributed by atoms with van der Waals surface area (Å²) in [5.41, 5.74) is 11.3. The molecular weight excluding hydrogens is 569 g/mol. The van der Waals surface area contributed by atoms with Crippen LogP contribution < -0.4 is 11.5 Å². The zero-order valence-electron chi connectivity index (χ0n) is 21.9. The number of nitro benzene ring substituents is 2. The van der Waals surface area contributed by atoms with E-state index < -0.39 is 32.9 Å². The van der Waals surface area contributed by atoms with Crippen molar-refractivity contribution in [1.82, 2.24) is 0 Å². The molecule has 1 aliphatic heterocycles. The average molecular weight is 599 g/mol. The van der Waals surface area contributed by atoms with E-state index in [1.807, 2.05) is 34.6 Å². The summed E-state index contributed by atoms with van der Waals surface area (Å²) in [5.74, 6) is -1.80. The summed E-state index contributed by atoms with van der Waals surface area (Å²) in [6.45, 7) is 19.1. The number of nitrogen functional groups attached to an aromatic ring is 2. The molecule has 0 amide bonds. The fourth-order valence-electron chi connectivity index (χ4n) is 2.83. The van der Waals surface area contributed by atoms with Crippen LogP contribution in [-0.4, -0.2) is 28.2 Å². The Balaban J connectivity index is 0.000000286. The molecule has 0 aromatic heterocycles. The van der Waals surface area contributed by atoms with E-state index in [4.69, 9.17) is 20.8 Å². The van der Waals surface area contributed by atoms with Gasteiger partial charge in [0.05, 0.1) is 26.7 Å². The van der Waals surface area contributed by atoms with Crippen LogP contribution in [0.1, 0.15) is 47.1 Å². The van der Waals surface area contributed by atoms with Crippen LogP contribution in [0.4, 0.5) is 31.5 Å². The molecular formula is C24H30BBrF2N4O6. The minimum Gasteiger partial charge on any atom is -0.400 e. The van der Waals surface area contributed by atoms with Gasteiger partial charge in [-0.05, 0) is 75.2 Å². The summed E-state index contributed by atoms with van der Waals surface area (Å²) >= 11 is 2.94. The molecule has 10 nitrogen and oxygen atoms in total. The van der Waals surface area contributed by atoms with Crippen molar-refractivity contribution in [1.29, 1.82) is 0 Å². The molecule has 38 heavy (non-hydrogen) atoms. The molecule has 0 radical (unpaired) electrons. The summed E-state index contributed by atoms with van der Waals surface area (Å²) in [7, 11) is -0.241. The number of anilines is 2. The van der Waals surface area contributed by atoms with Gasteiger partial charge in [0.15, 0.2) is 0 Å². The maximum Gasteiger partial charge on any atom is 0.489 e. The highest BCUT2D eigenvalue weighted by Gasteiger charge is 2.51. The van der Waals surface area contributed by atoms with E-state index in [1.165, 1.54) is 0 Å². The van der Waals surface area contributed by atoms with E-state index >= 15 is 0 Å². The first-order chi connectivity index (χ1) is 17.2. The van der Waals surface area contributed by atoms with Gasteiger partial charge in [-0.3, -0.25) is 20.2 Å². The second-order valence-corrected chi connectivity index (χ2v) is 10.3. The smallest absolute Gasteiger partial charge is 0.400 e. The molecule has 1 heterocycles. The number of rotatable bonds is 4. The van der Waals surface area contributed by atoms with E-state index in [0.717, 1.165) is 29.7 Å². The standard InChI is InChI=1S/C9H17BO2.C9H9FN2O2.C6H4BrFN2O2/c1-7(2)10-11-8(3,4)9(5,6)12-10;1-5(2)6-3-7(10)9(12(13)14)4-8(6)11;7-3-1-4(8)6(10(11)12)2-5(3)9/h1H2,2-6H3;3-4H,1,11H2,2H3;1-2H,9H2. The third kappa shape index (κ3) is 8.07. The predicted molar refractivity (Wildman–Crippen MR) is 148 cm³/mol. The molecule has 0 spiro atoms. The Hall–Kier alpha value is -3.36. The number of hydrogen-bond donors (Lipinski definition) is 2. The zero-order valence-corrected chi connectivity index (χ0v) is 23.5. The molecule has 1 aliphatic rings. The summed E-state index contributed by atoms with van der Waals surface area (Å²) < 4.78 is 37.6. The monoisotopic (exact) mass is 598 g/mol. The van der Waals surface area contributed by atoms with E-state index in [-0.39, 0.29) is 29.7 Å². The van der Waals surface area contributed by atoms with Crippen molar-refractivity contribution >= 4 is 51.4 Å². The minimum absolute atomic E-state index is 0.142. The van der Waals surface area contributed by atoms with Crippen molar-refractivity contribution in [2.45, 2.75) is 52.7 Å². The van der Waals surface area contributed by atoms with Gasteiger partial charge in [-0.25, -0.2) is 0 Å². The van der Waals surface area contributed by atoms with Crippen molar-refractivity contribution in [3.8, 4) is 0 Å². The van der Waals surface area contributed by atoms with E-state index in [2.05, 4.69) is 29.1 Å². The van der Waals surface area contributed by atoms with E-state index in [0.29, 0.717) is 15.6 Å². The molecule has 14 heteroatoms. The molecule has 4 N–H and O–H groups in total. The fourth-order valence-corrected chi connectivity index (χ4v) is 3.14. The van der Waals surface area contributed by atoms with Gasteiger partial charge in [0, 0.05) is 27.9 Å². The van der Waals surface area contributed by atoms with Gasteiger partial charge >= 0.3 is 18.5 Å². The quantitative estimate of drug-likeness (QED) is 0.172. The molecule has 0 bridgehead atoms. The van der Waals surface area contributed by atoms with Crippen LogP contribution >= 0.6 is 15.9 Å². The van der Waals surface area contributed by atoms with Gasteiger partial charge in [-0.1, -0.05) is 12.1 Å². The third-order valence-corrected chi connectivity index (χ3v) is 6.38. The number of nitrogens with two attached hydrogens (primary N) is 2. The molecule has 0 unspecified atom stereocenters. The van der Waals surface area contributed by atoms with Gasteiger partial charge < -0.3 is 20.8 Å². The molecule has 2 aromatic carbocycles. The van der Waals surface area contributed by atoms with Crippen LogP contribution in [0.15, 0.2) is 47.4 Å². The number of halogens is 3. The van der Waals surface area contributed by atoms with Gasteiger partial charge in [-0.15, -0.1) is 6.58 Å². The van der Waals surface area contributed by atoms with Gasteiger partial charge in [0.2, 0.25) is 11.6 Å². The van der Waals surface area contributed by atoms with Crippen molar-refractivity contribution in [3.63, 3.8) is 0 Å². The van der Waals surface area contributed by atoms with Crippen LogP contribution in [0.3, 0.4) is 0 Å². The Bertz CT molecular complexity index is 1220. The van der Waals surface area contributed by atoms with Crippen molar-refractivity contribution in [2.24, 2.45) is 0 Å². The first-order valence-corrected chi connectivity index (χ1v) is 11.8. The predicted octanol–water partition coefficient (Wildman–Crippen LogP) is 6.62. The molecule has 0 aliphatic carbocycles. The second-order valence-electron chi connectivity index (χ2n) is 9.45.